The maximum atomic E-state index is 11.4. The molecule has 0 unspecified atom stereocenters. The van der Waals surface area contributed by atoms with E-state index >= 15 is 0 Å². The Hall–Kier alpha value is -0.600. The maximum absolute atomic E-state index is 11.4. The van der Waals surface area contributed by atoms with Crippen molar-refractivity contribution in [2.24, 2.45) is 0 Å². The lowest BCUT2D eigenvalue weighted by Crippen LogP contribution is -3.08. The van der Waals surface area contributed by atoms with Gasteiger partial charge < -0.3 is 9.03 Å². The summed E-state index contributed by atoms with van der Waals surface area (Å²) in [4.78, 5) is 1.59. The van der Waals surface area contributed by atoms with Gasteiger partial charge in [-0.1, -0.05) is 0 Å². The molecule has 0 aromatic heterocycles. The first-order valence-corrected chi connectivity index (χ1v) is 8.08. The predicted molar refractivity (Wildman–Crippen MR) is 61.3 cm³/mol. The number of hydrogen-bond acceptors (Lipinski definition) is 4. The molecule has 130 valence electrons. The molecule has 1 N–H and O–H groups in total. The van der Waals surface area contributed by atoms with Gasteiger partial charge in [0, 0.05) is 0 Å². The molecule has 0 bridgehead atoms. The first kappa shape index (κ1) is 22.7. The monoisotopic (exact) mass is 368 g/mol. The van der Waals surface area contributed by atoms with Crippen LogP contribution in [-0.2, 0) is 20.0 Å². The molecular weight excluding hydrogens is 354 g/mol. The third kappa shape index (κ3) is 7.82. The lowest BCUT2D eigenvalue weighted by atomic mass is 10.6. The van der Waals surface area contributed by atoms with E-state index in [0.717, 1.165) is 4.13 Å². The van der Waals surface area contributed by atoms with Crippen LogP contribution in [0.15, 0.2) is 0 Å². The van der Waals surface area contributed by atoms with E-state index in [-0.39, 0.29) is 0 Å². The molecule has 0 aliphatic heterocycles. The van der Waals surface area contributed by atoms with Crippen molar-refractivity contribution in [2.75, 3.05) is 20.1 Å². The highest BCUT2D eigenvalue weighted by molar-refractivity contribution is 8.13. The van der Waals surface area contributed by atoms with Crippen LogP contribution in [0.2, 0.25) is 0 Å². The fourth-order valence-corrected chi connectivity index (χ4v) is 2.17. The Labute approximate surface area is 118 Å². The van der Waals surface area contributed by atoms with Crippen molar-refractivity contribution in [3.63, 3.8) is 0 Å². The van der Waals surface area contributed by atoms with E-state index in [0.29, 0.717) is 0 Å². The van der Waals surface area contributed by atoms with Gasteiger partial charge in [-0.15, -0.1) is 0 Å². The Morgan fingerprint density at radius 3 is 1.14 bits per heavy atom. The van der Waals surface area contributed by atoms with Gasteiger partial charge in [0.1, 0.15) is 0 Å². The van der Waals surface area contributed by atoms with Crippen LogP contribution in [0.25, 0.3) is 4.13 Å². The fraction of sp³-hybridized carbons (Fsp3) is 1.00. The summed E-state index contributed by atoms with van der Waals surface area (Å²) in [6.07, 6.45) is 0. The van der Waals surface area contributed by atoms with E-state index in [1.54, 1.807) is 4.90 Å². The van der Waals surface area contributed by atoms with E-state index in [1.807, 2.05) is 0 Å². The topological polar surface area (TPSA) is 86.8 Å². The molecule has 0 amide bonds. The van der Waals surface area contributed by atoms with Crippen molar-refractivity contribution < 1.29 is 48.1 Å². The molecule has 0 saturated carbocycles. The smallest absolute Gasteiger partial charge is 0.421 e. The minimum atomic E-state index is -6.72. The molecule has 0 aromatic carbocycles. The van der Waals surface area contributed by atoms with Crippen molar-refractivity contribution >= 4 is 20.0 Å². The molecule has 0 atom stereocenters. The Kier molecular flexibility index (Phi) is 8.21. The number of nitrogens with one attached hydrogen (secondary N) is 1. The van der Waals surface area contributed by atoms with Crippen LogP contribution in [0, 0.1) is 0 Å². The van der Waals surface area contributed by atoms with Gasteiger partial charge in [0.15, 0.2) is 20.0 Å². The quantitative estimate of drug-likeness (QED) is 0.737. The molecule has 0 aromatic rings. The summed E-state index contributed by atoms with van der Waals surface area (Å²) in [5.41, 5.74) is -12.4. The maximum Gasteiger partial charge on any atom is 0.480 e. The van der Waals surface area contributed by atoms with Gasteiger partial charge in [-0.2, -0.15) is 26.3 Å². The molecular formula is C7H14F6N2O4S2. The van der Waals surface area contributed by atoms with Crippen LogP contribution < -0.4 is 4.90 Å². The second-order valence-electron chi connectivity index (χ2n) is 3.58. The normalized spacial score (nSPS) is 13.8. The summed E-state index contributed by atoms with van der Waals surface area (Å²) in [5, 5.41) is 0. The number of nitrogens with zero attached hydrogens (tertiary/aromatic N) is 1. The van der Waals surface area contributed by atoms with Gasteiger partial charge >= 0.3 is 11.0 Å². The SMILES string of the molecule is CC[NH+](C)CC.O=S(=O)([N-]S(=O)(=O)C(F)(F)F)C(F)(F)F. The highest BCUT2D eigenvalue weighted by Crippen LogP contribution is 2.36. The molecule has 0 rings (SSSR count). The first-order chi connectivity index (χ1) is 9.02. The zero-order valence-electron chi connectivity index (χ0n) is 11.1. The van der Waals surface area contributed by atoms with E-state index in [1.165, 1.54) is 13.1 Å². The Bertz CT molecular complexity index is 464. The highest BCUT2D eigenvalue weighted by Gasteiger charge is 2.46. The molecule has 0 saturated heterocycles. The molecule has 0 aliphatic carbocycles. The molecule has 0 radical (unpaired) electrons. The van der Waals surface area contributed by atoms with Crippen LogP contribution in [0.1, 0.15) is 13.8 Å². The zero-order valence-corrected chi connectivity index (χ0v) is 12.7. The largest absolute Gasteiger partial charge is 0.480 e. The minimum Gasteiger partial charge on any atom is -0.421 e. The number of hydrogen-bond donors (Lipinski definition) is 1. The van der Waals surface area contributed by atoms with Crippen LogP contribution >= 0.6 is 0 Å². The van der Waals surface area contributed by atoms with Crippen LogP contribution in [0.3, 0.4) is 0 Å². The minimum absolute atomic E-state index is 0.778. The van der Waals surface area contributed by atoms with E-state index < -0.39 is 31.1 Å². The highest BCUT2D eigenvalue weighted by atomic mass is 32.3. The second kappa shape index (κ2) is 7.60. The first-order valence-electron chi connectivity index (χ1n) is 5.20. The molecule has 0 fully saturated rings. The number of quaternary nitrogens is 1. The average molecular weight is 368 g/mol. The van der Waals surface area contributed by atoms with Gasteiger partial charge in [-0.05, 0) is 13.8 Å². The summed E-state index contributed by atoms with van der Waals surface area (Å²) >= 11 is 0. The summed E-state index contributed by atoms with van der Waals surface area (Å²) in [6, 6.07) is 0. The van der Waals surface area contributed by atoms with Crippen molar-refractivity contribution in [3.8, 4) is 0 Å². The number of rotatable bonds is 4. The number of alkyl halides is 6. The van der Waals surface area contributed by atoms with Crippen molar-refractivity contribution in [2.45, 2.75) is 24.9 Å². The van der Waals surface area contributed by atoms with E-state index in [9.17, 15) is 43.2 Å². The molecule has 0 heterocycles. The number of halogens is 6. The lowest BCUT2D eigenvalue weighted by molar-refractivity contribution is -0.875. The molecule has 0 spiro atoms. The standard InChI is InChI=1S/C5H13N.C2F6NO4S2/c1-4-6(3)5-2;3-1(4,5)14(10,11)9-15(12,13)2(6,7)8/h4-5H2,1-3H3;/q;-1/p+1. The predicted octanol–water partition coefficient (Wildman–Crippen LogP) is 0.600. The molecule has 14 heteroatoms. The lowest BCUT2D eigenvalue weighted by Gasteiger charge is -2.22. The summed E-state index contributed by atoms with van der Waals surface area (Å²) < 4.78 is 109. The molecule has 0 aliphatic rings. The van der Waals surface area contributed by atoms with Gasteiger partial charge in [0.2, 0.25) is 0 Å². The fourth-order valence-electron chi connectivity index (χ4n) is 0.464. The van der Waals surface area contributed by atoms with Crippen molar-refractivity contribution in [3.05, 3.63) is 4.13 Å². The molecule has 21 heavy (non-hydrogen) atoms. The molecule has 6 nitrogen and oxygen atoms in total. The van der Waals surface area contributed by atoms with Crippen molar-refractivity contribution in [1.29, 1.82) is 0 Å². The van der Waals surface area contributed by atoms with E-state index in [2.05, 4.69) is 20.9 Å². The summed E-state index contributed by atoms with van der Waals surface area (Å²) in [5.74, 6) is 0. The Morgan fingerprint density at radius 2 is 1.05 bits per heavy atom. The third-order valence-corrected chi connectivity index (χ3v) is 4.73. The van der Waals surface area contributed by atoms with Crippen LogP contribution in [0.4, 0.5) is 26.3 Å². The van der Waals surface area contributed by atoms with Crippen LogP contribution in [0.5, 0.6) is 0 Å². The summed E-state index contributed by atoms with van der Waals surface area (Å²) in [6.45, 7) is 6.88. The Balaban J connectivity index is 0. The number of sulfonamides is 2. The van der Waals surface area contributed by atoms with Crippen LogP contribution in [-0.4, -0.2) is 48.0 Å². The van der Waals surface area contributed by atoms with Gasteiger partial charge in [-0.3, -0.25) is 0 Å². The van der Waals surface area contributed by atoms with Gasteiger partial charge in [0.05, 0.1) is 20.1 Å². The van der Waals surface area contributed by atoms with Crippen molar-refractivity contribution in [1.82, 2.24) is 0 Å². The Morgan fingerprint density at radius 1 is 0.810 bits per heavy atom. The third-order valence-electron chi connectivity index (χ3n) is 1.99. The zero-order chi connectivity index (χ0) is 17.7. The second-order valence-corrected chi connectivity index (χ2v) is 7.00. The van der Waals surface area contributed by atoms with E-state index in [4.69, 9.17) is 0 Å². The summed E-state index contributed by atoms with van der Waals surface area (Å²) in [7, 11) is -11.2. The average Bonchev–Trinajstić information content (AvgIpc) is 2.24. The van der Waals surface area contributed by atoms with Gasteiger partial charge in [-0.25, -0.2) is 16.8 Å². The van der Waals surface area contributed by atoms with Gasteiger partial charge in [0.25, 0.3) is 0 Å².